The summed E-state index contributed by atoms with van der Waals surface area (Å²) in [5, 5.41) is 12.7. The number of ether oxygens (including phenoxy) is 2. The van der Waals surface area contributed by atoms with Crippen LogP contribution in [0.1, 0.15) is 31.7 Å². The van der Waals surface area contributed by atoms with Gasteiger partial charge in [0.25, 0.3) is 0 Å². The van der Waals surface area contributed by atoms with E-state index in [1.807, 2.05) is 31.2 Å². The van der Waals surface area contributed by atoms with Gasteiger partial charge in [0.05, 0.1) is 35.6 Å². The molecule has 132 valence electrons. The number of nitrogens with one attached hydrogen (secondary N) is 1. The molecule has 1 heterocycles. The third kappa shape index (κ3) is 4.77. The lowest BCUT2D eigenvalue weighted by Gasteiger charge is -2.26. The first-order valence-corrected chi connectivity index (χ1v) is 9.03. The standard InChI is InChI=1S/C18H20N2O4S/c1-3-23-15-8-6-5-7-12(15)13-9-16(21)20-18(14(13)10-19)25-11-17(22)24-4-2/h5-8,13H,3-4,9,11H2,1-2H3,(H,20,21)/t13-/m0/s1. The number of thioether (sulfide) groups is 1. The first-order valence-electron chi connectivity index (χ1n) is 8.04. The van der Waals surface area contributed by atoms with Gasteiger partial charge >= 0.3 is 5.97 Å². The lowest BCUT2D eigenvalue weighted by molar-refractivity contribution is -0.139. The summed E-state index contributed by atoms with van der Waals surface area (Å²) in [4.78, 5) is 23.7. The number of allylic oxidation sites excluding steroid dienone is 1. The van der Waals surface area contributed by atoms with E-state index in [4.69, 9.17) is 9.47 Å². The van der Waals surface area contributed by atoms with Gasteiger partial charge in [-0.2, -0.15) is 5.26 Å². The summed E-state index contributed by atoms with van der Waals surface area (Å²) in [6.45, 7) is 4.39. The third-order valence-electron chi connectivity index (χ3n) is 3.59. The normalized spacial score (nSPS) is 16.8. The molecule has 1 aliphatic heterocycles. The van der Waals surface area contributed by atoms with Crippen LogP contribution in [0.15, 0.2) is 34.9 Å². The number of para-hydroxylation sites is 1. The SMILES string of the molecule is CCOC(=O)CSC1=C(C#N)[C@H](c2ccccc2OCC)CC(=O)N1. The molecule has 1 N–H and O–H groups in total. The second-order valence-corrected chi connectivity index (χ2v) is 6.21. The van der Waals surface area contributed by atoms with Crippen LogP contribution >= 0.6 is 11.8 Å². The van der Waals surface area contributed by atoms with Crippen molar-refractivity contribution < 1.29 is 19.1 Å². The maximum atomic E-state index is 12.1. The number of carbonyl (C=O) groups excluding carboxylic acids is 2. The molecule has 0 unspecified atom stereocenters. The zero-order valence-corrected chi connectivity index (χ0v) is 15.0. The van der Waals surface area contributed by atoms with E-state index in [1.54, 1.807) is 6.92 Å². The molecule has 1 aliphatic rings. The first-order chi connectivity index (χ1) is 12.1. The summed E-state index contributed by atoms with van der Waals surface area (Å²) in [7, 11) is 0. The number of carbonyl (C=O) groups is 2. The minimum atomic E-state index is -0.397. The van der Waals surface area contributed by atoms with E-state index in [0.29, 0.717) is 29.6 Å². The van der Waals surface area contributed by atoms with Crippen LogP contribution in [0.25, 0.3) is 0 Å². The Morgan fingerprint density at radius 2 is 2.12 bits per heavy atom. The fourth-order valence-corrected chi connectivity index (χ4v) is 3.46. The zero-order chi connectivity index (χ0) is 18.2. The number of amides is 1. The smallest absolute Gasteiger partial charge is 0.316 e. The molecule has 0 bridgehead atoms. The molecule has 6 nitrogen and oxygen atoms in total. The van der Waals surface area contributed by atoms with Crippen LogP contribution in [-0.4, -0.2) is 30.8 Å². The van der Waals surface area contributed by atoms with E-state index in [-0.39, 0.29) is 24.1 Å². The maximum Gasteiger partial charge on any atom is 0.316 e. The Bertz CT molecular complexity index is 724. The van der Waals surface area contributed by atoms with Crippen LogP contribution < -0.4 is 10.1 Å². The highest BCUT2D eigenvalue weighted by Crippen LogP contribution is 2.39. The number of hydrogen-bond donors (Lipinski definition) is 1. The van der Waals surface area contributed by atoms with Crippen molar-refractivity contribution in [3.05, 3.63) is 40.4 Å². The average Bonchev–Trinajstić information content (AvgIpc) is 2.60. The Kier molecular flexibility index (Phi) is 6.90. The van der Waals surface area contributed by atoms with E-state index in [1.165, 1.54) is 0 Å². The number of rotatable bonds is 7. The number of nitriles is 1. The van der Waals surface area contributed by atoms with Gasteiger partial charge < -0.3 is 14.8 Å². The van der Waals surface area contributed by atoms with Crippen molar-refractivity contribution in [3.8, 4) is 11.8 Å². The van der Waals surface area contributed by atoms with Gasteiger partial charge in [-0.15, -0.1) is 0 Å². The predicted octanol–water partition coefficient (Wildman–Crippen LogP) is 2.72. The van der Waals surface area contributed by atoms with E-state index >= 15 is 0 Å². The van der Waals surface area contributed by atoms with Crippen LogP contribution in [0.3, 0.4) is 0 Å². The van der Waals surface area contributed by atoms with E-state index in [9.17, 15) is 14.9 Å². The van der Waals surface area contributed by atoms with Crippen LogP contribution in [0.2, 0.25) is 0 Å². The molecule has 0 saturated heterocycles. The lowest BCUT2D eigenvalue weighted by atomic mass is 9.86. The first kappa shape index (κ1) is 18.9. The highest BCUT2D eigenvalue weighted by molar-refractivity contribution is 8.03. The molecular formula is C18H20N2O4S. The van der Waals surface area contributed by atoms with Gasteiger partial charge in [-0.3, -0.25) is 9.59 Å². The van der Waals surface area contributed by atoms with Gasteiger partial charge in [-0.05, 0) is 19.9 Å². The van der Waals surface area contributed by atoms with Crippen LogP contribution in [0, 0.1) is 11.3 Å². The van der Waals surface area contributed by atoms with Crippen molar-refractivity contribution >= 4 is 23.6 Å². The Balaban J connectivity index is 2.34. The van der Waals surface area contributed by atoms with Crippen molar-refractivity contribution in [2.45, 2.75) is 26.2 Å². The maximum absolute atomic E-state index is 12.1. The highest BCUT2D eigenvalue weighted by atomic mass is 32.2. The van der Waals surface area contributed by atoms with Crippen molar-refractivity contribution in [2.24, 2.45) is 0 Å². The summed E-state index contributed by atoms with van der Waals surface area (Å²) in [6.07, 6.45) is 0.163. The third-order valence-corrected chi connectivity index (χ3v) is 4.58. The molecule has 25 heavy (non-hydrogen) atoms. The minimum absolute atomic E-state index is 0.0362. The van der Waals surface area contributed by atoms with E-state index < -0.39 is 5.92 Å². The Morgan fingerprint density at radius 1 is 1.36 bits per heavy atom. The predicted molar refractivity (Wildman–Crippen MR) is 94.8 cm³/mol. The van der Waals surface area contributed by atoms with Crippen LogP contribution in [0.4, 0.5) is 0 Å². The molecule has 1 aromatic rings. The van der Waals surface area contributed by atoms with Crippen LogP contribution in [0.5, 0.6) is 5.75 Å². The van der Waals surface area contributed by atoms with E-state index in [0.717, 1.165) is 17.3 Å². The van der Waals surface area contributed by atoms with Crippen molar-refractivity contribution in [3.63, 3.8) is 0 Å². The van der Waals surface area contributed by atoms with Gasteiger partial charge in [0.2, 0.25) is 5.91 Å². The highest BCUT2D eigenvalue weighted by Gasteiger charge is 2.31. The number of nitrogens with zero attached hydrogens (tertiary/aromatic N) is 1. The molecule has 0 spiro atoms. The molecule has 0 aromatic heterocycles. The molecule has 1 amide bonds. The quantitative estimate of drug-likeness (QED) is 0.752. The molecule has 0 aliphatic carbocycles. The van der Waals surface area contributed by atoms with Gasteiger partial charge in [0.1, 0.15) is 5.75 Å². The molecule has 1 atom stereocenters. The van der Waals surface area contributed by atoms with E-state index in [2.05, 4.69) is 11.4 Å². The molecule has 7 heteroatoms. The molecule has 0 fully saturated rings. The summed E-state index contributed by atoms with van der Waals surface area (Å²) in [5.74, 6) is -0.280. The monoisotopic (exact) mass is 360 g/mol. The molecule has 0 saturated carbocycles. The summed E-state index contributed by atoms with van der Waals surface area (Å²) in [5.41, 5.74) is 1.23. The fourth-order valence-electron chi connectivity index (χ4n) is 2.59. The second-order valence-electron chi connectivity index (χ2n) is 5.22. The van der Waals surface area contributed by atoms with Gasteiger partial charge in [-0.25, -0.2) is 0 Å². The summed E-state index contributed by atoms with van der Waals surface area (Å²) in [6, 6.07) is 9.57. The van der Waals surface area contributed by atoms with Gasteiger partial charge in [0.15, 0.2) is 0 Å². The Morgan fingerprint density at radius 3 is 2.80 bits per heavy atom. The number of benzene rings is 1. The zero-order valence-electron chi connectivity index (χ0n) is 14.2. The molecular weight excluding hydrogens is 340 g/mol. The topological polar surface area (TPSA) is 88.4 Å². The van der Waals surface area contributed by atoms with Crippen molar-refractivity contribution in [2.75, 3.05) is 19.0 Å². The summed E-state index contributed by atoms with van der Waals surface area (Å²) < 4.78 is 10.5. The Labute approximate surface area is 151 Å². The minimum Gasteiger partial charge on any atom is -0.494 e. The average molecular weight is 360 g/mol. The largest absolute Gasteiger partial charge is 0.494 e. The van der Waals surface area contributed by atoms with Gasteiger partial charge in [-0.1, -0.05) is 30.0 Å². The lowest BCUT2D eigenvalue weighted by Crippen LogP contribution is -2.31. The van der Waals surface area contributed by atoms with Crippen molar-refractivity contribution in [1.82, 2.24) is 5.32 Å². The van der Waals surface area contributed by atoms with Crippen LogP contribution in [-0.2, 0) is 14.3 Å². The number of esters is 1. The second kappa shape index (κ2) is 9.14. The fraction of sp³-hybridized carbons (Fsp3) is 0.389. The summed E-state index contributed by atoms with van der Waals surface area (Å²) >= 11 is 1.11. The van der Waals surface area contributed by atoms with Gasteiger partial charge in [0, 0.05) is 17.9 Å². The molecule has 0 radical (unpaired) electrons. The van der Waals surface area contributed by atoms with Crippen molar-refractivity contribution in [1.29, 1.82) is 5.26 Å². The molecule has 1 aromatic carbocycles. The number of hydrogen-bond acceptors (Lipinski definition) is 6. The Hall–Kier alpha value is -2.46. The molecule has 2 rings (SSSR count).